The molecule has 0 amide bonds. The molecular formula is C11H21NO. The Morgan fingerprint density at radius 2 is 1.85 bits per heavy atom. The molecule has 13 heavy (non-hydrogen) atoms. The molecule has 0 atom stereocenters. The molecule has 2 rings (SSSR count). The fraction of sp³-hybridized carbons (Fsp3) is 1.00. The predicted octanol–water partition coefficient (Wildman–Crippen LogP) is 2.09. The number of rotatable bonds is 6. The molecule has 1 N–H and O–H groups in total. The van der Waals surface area contributed by atoms with E-state index in [2.05, 4.69) is 5.32 Å². The summed E-state index contributed by atoms with van der Waals surface area (Å²) in [5, 5.41) is 3.50. The summed E-state index contributed by atoms with van der Waals surface area (Å²) in [5.74, 6) is 0. The highest BCUT2D eigenvalue weighted by Crippen LogP contribution is 2.21. The van der Waals surface area contributed by atoms with Gasteiger partial charge < -0.3 is 10.1 Å². The zero-order valence-corrected chi connectivity index (χ0v) is 8.43. The lowest BCUT2D eigenvalue weighted by molar-refractivity contribution is 0.0569. The Balaban J connectivity index is 1.39. The molecule has 0 aromatic carbocycles. The first-order valence-corrected chi connectivity index (χ1v) is 5.80. The third kappa shape index (κ3) is 3.65. The second-order valence-electron chi connectivity index (χ2n) is 4.36. The minimum Gasteiger partial charge on any atom is -0.378 e. The summed E-state index contributed by atoms with van der Waals surface area (Å²) in [7, 11) is 0. The van der Waals surface area contributed by atoms with Gasteiger partial charge in [-0.3, -0.25) is 0 Å². The average Bonchev–Trinajstić information content (AvgIpc) is 2.81. The second kappa shape index (κ2) is 4.97. The second-order valence-corrected chi connectivity index (χ2v) is 4.36. The van der Waals surface area contributed by atoms with Crippen molar-refractivity contribution in [1.82, 2.24) is 5.32 Å². The van der Waals surface area contributed by atoms with Gasteiger partial charge in [0.05, 0.1) is 6.10 Å². The van der Waals surface area contributed by atoms with Crippen LogP contribution in [0.2, 0.25) is 0 Å². The van der Waals surface area contributed by atoms with Gasteiger partial charge in [0.2, 0.25) is 0 Å². The van der Waals surface area contributed by atoms with Crippen LogP contribution in [0.25, 0.3) is 0 Å². The van der Waals surface area contributed by atoms with Crippen LogP contribution in [-0.4, -0.2) is 25.3 Å². The van der Waals surface area contributed by atoms with Crippen LogP contribution in [0.5, 0.6) is 0 Å². The Morgan fingerprint density at radius 3 is 2.54 bits per heavy atom. The molecule has 2 fully saturated rings. The van der Waals surface area contributed by atoms with E-state index in [-0.39, 0.29) is 0 Å². The number of nitrogens with one attached hydrogen (secondary N) is 1. The molecular weight excluding hydrogens is 162 g/mol. The van der Waals surface area contributed by atoms with Gasteiger partial charge in [0, 0.05) is 12.6 Å². The van der Waals surface area contributed by atoms with Crippen molar-refractivity contribution in [1.29, 1.82) is 0 Å². The van der Waals surface area contributed by atoms with Crippen molar-refractivity contribution in [2.45, 2.75) is 57.1 Å². The van der Waals surface area contributed by atoms with Crippen molar-refractivity contribution in [2.75, 3.05) is 13.2 Å². The zero-order valence-electron chi connectivity index (χ0n) is 8.43. The first-order chi connectivity index (χ1) is 6.45. The molecule has 2 aliphatic carbocycles. The number of hydrogen-bond acceptors (Lipinski definition) is 2. The van der Waals surface area contributed by atoms with Gasteiger partial charge in [-0.2, -0.15) is 0 Å². The Hall–Kier alpha value is -0.0800. The van der Waals surface area contributed by atoms with Crippen LogP contribution >= 0.6 is 0 Å². The molecule has 0 saturated heterocycles. The summed E-state index contributed by atoms with van der Waals surface area (Å²) >= 11 is 0. The van der Waals surface area contributed by atoms with Crippen molar-refractivity contribution in [2.24, 2.45) is 0 Å². The third-order valence-corrected chi connectivity index (χ3v) is 2.99. The average molecular weight is 183 g/mol. The zero-order chi connectivity index (χ0) is 8.93. The summed E-state index contributed by atoms with van der Waals surface area (Å²) < 4.78 is 5.77. The largest absolute Gasteiger partial charge is 0.378 e. The van der Waals surface area contributed by atoms with Crippen molar-refractivity contribution in [3.63, 3.8) is 0 Å². The molecule has 76 valence electrons. The monoisotopic (exact) mass is 183 g/mol. The molecule has 0 aliphatic heterocycles. The molecule has 0 bridgehead atoms. The van der Waals surface area contributed by atoms with E-state index in [0.717, 1.165) is 19.2 Å². The SMILES string of the molecule is C(CNC1CC1)COC1CCCC1. The molecule has 2 aliphatic rings. The van der Waals surface area contributed by atoms with Crippen LogP contribution in [0.15, 0.2) is 0 Å². The highest BCUT2D eigenvalue weighted by molar-refractivity contribution is 4.80. The Labute approximate surface area is 81.0 Å². The van der Waals surface area contributed by atoms with Crippen molar-refractivity contribution in [3.05, 3.63) is 0 Å². The van der Waals surface area contributed by atoms with Gasteiger partial charge in [0.15, 0.2) is 0 Å². The molecule has 0 radical (unpaired) electrons. The fourth-order valence-corrected chi connectivity index (χ4v) is 1.97. The van der Waals surface area contributed by atoms with E-state index in [1.54, 1.807) is 0 Å². The lowest BCUT2D eigenvalue weighted by Gasteiger charge is -2.10. The predicted molar refractivity (Wildman–Crippen MR) is 53.8 cm³/mol. The van der Waals surface area contributed by atoms with E-state index in [1.165, 1.54) is 44.9 Å². The summed E-state index contributed by atoms with van der Waals surface area (Å²) in [6.07, 6.45) is 9.93. The van der Waals surface area contributed by atoms with Crippen LogP contribution < -0.4 is 5.32 Å². The van der Waals surface area contributed by atoms with Crippen molar-refractivity contribution in [3.8, 4) is 0 Å². The van der Waals surface area contributed by atoms with Crippen LogP contribution in [0, 0.1) is 0 Å². The smallest absolute Gasteiger partial charge is 0.0575 e. The lowest BCUT2D eigenvalue weighted by atomic mass is 10.3. The van der Waals surface area contributed by atoms with E-state index in [4.69, 9.17) is 4.74 Å². The highest BCUT2D eigenvalue weighted by Gasteiger charge is 2.19. The van der Waals surface area contributed by atoms with Crippen molar-refractivity contribution >= 4 is 0 Å². The quantitative estimate of drug-likeness (QED) is 0.637. The lowest BCUT2D eigenvalue weighted by Crippen LogP contribution is -2.20. The topological polar surface area (TPSA) is 21.3 Å². The Morgan fingerprint density at radius 1 is 1.08 bits per heavy atom. The van der Waals surface area contributed by atoms with Crippen LogP contribution in [0.1, 0.15) is 44.9 Å². The Kier molecular flexibility index (Phi) is 3.62. The van der Waals surface area contributed by atoms with Crippen LogP contribution in [0.3, 0.4) is 0 Å². The molecule has 0 heterocycles. The van der Waals surface area contributed by atoms with E-state index in [1.807, 2.05) is 0 Å². The van der Waals surface area contributed by atoms with E-state index >= 15 is 0 Å². The first kappa shape index (κ1) is 9.47. The van der Waals surface area contributed by atoms with Gasteiger partial charge in [0.1, 0.15) is 0 Å². The van der Waals surface area contributed by atoms with Gasteiger partial charge in [-0.15, -0.1) is 0 Å². The van der Waals surface area contributed by atoms with E-state index in [9.17, 15) is 0 Å². The van der Waals surface area contributed by atoms with Crippen molar-refractivity contribution < 1.29 is 4.74 Å². The molecule has 2 nitrogen and oxygen atoms in total. The molecule has 0 spiro atoms. The summed E-state index contributed by atoms with van der Waals surface area (Å²) in [6.45, 7) is 2.11. The normalized spacial score (nSPS) is 24.0. The van der Waals surface area contributed by atoms with Gasteiger partial charge in [-0.1, -0.05) is 12.8 Å². The molecule has 2 saturated carbocycles. The van der Waals surface area contributed by atoms with E-state index in [0.29, 0.717) is 6.10 Å². The van der Waals surface area contributed by atoms with Gasteiger partial charge in [0.25, 0.3) is 0 Å². The molecule has 0 aromatic heterocycles. The maximum atomic E-state index is 5.77. The van der Waals surface area contributed by atoms with Gasteiger partial charge >= 0.3 is 0 Å². The first-order valence-electron chi connectivity index (χ1n) is 5.80. The summed E-state index contributed by atoms with van der Waals surface area (Å²) in [6, 6.07) is 0.853. The number of hydrogen-bond donors (Lipinski definition) is 1. The minimum atomic E-state index is 0.598. The van der Waals surface area contributed by atoms with E-state index < -0.39 is 0 Å². The van der Waals surface area contributed by atoms with Crippen LogP contribution in [-0.2, 0) is 4.74 Å². The minimum absolute atomic E-state index is 0.598. The standard InChI is InChI=1S/C11H21NO/c1-2-5-11(4-1)13-9-3-8-12-10-6-7-10/h10-12H,1-9H2. The third-order valence-electron chi connectivity index (χ3n) is 2.99. The van der Waals surface area contributed by atoms with Gasteiger partial charge in [-0.05, 0) is 38.6 Å². The molecule has 2 heteroatoms. The molecule has 0 aromatic rings. The van der Waals surface area contributed by atoms with Crippen LogP contribution in [0.4, 0.5) is 0 Å². The highest BCUT2D eigenvalue weighted by atomic mass is 16.5. The maximum absolute atomic E-state index is 5.77. The fourth-order valence-electron chi connectivity index (χ4n) is 1.97. The number of ether oxygens (including phenoxy) is 1. The van der Waals surface area contributed by atoms with Gasteiger partial charge in [-0.25, -0.2) is 0 Å². The summed E-state index contributed by atoms with van der Waals surface area (Å²) in [4.78, 5) is 0. The molecule has 0 unspecified atom stereocenters. The Bertz CT molecular complexity index is 139. The summed E-state index contributed by atoms with van der Waals surface area (Å²) in [5.41, 5.74) is 0. The maximum Gasteiger partial charge on any atom is 0.0575 e.